The highest BCUT2D eigenvalue weighted by Gasteiger charge is 2.39. The van der Waals surface area contributed by atoms with Crippen LogP contribution >= 0.6 is 0 Å². The number of hydrogen-bond acceptors (Lipinski definition) is 3. The van der Waals surface area contributed by atoms with E-state index in [0.29, 0.717) is 37.5 Å². The predicted octanol–water partition coefficient (Wildman–Crippen LogP) is 1.58. The number of alkyl halides is 3. The molecule has 0 radical (unpaired) electrons. The molecule has 0 amide bonds. The largest absolute Gasteiger partial charge is 0.449 e. The van der Waals surface area contributed by atoms with Crippen molar-refractivity contribution in [3.8, 4) is 0 Å². The Morgan fingerprint density at radius 2 is 2.22 bits per heavy atom. The third-order valence-corrected chi connectivity index (χ3v) is 2.90. The fourth-order valence-corrected chi connectivity index (χ4v) is 2.13. The number of fused-ring (bicyclic) bond motifs is 1. The fourth-order valence-electron chi connectivity index (χ4n) is 2.13. The summed E-state index contributed by atoms with van der Waals surface area (Å²) in [5.74, 6) is -0.809. The standard InChI is InChI=1S/C11H16F3N3O/c1-2-18-6-5-17-9-3-4-15-7-8(9)16-10(17)11(12,13)14/h15H,2-7H2,1H3. The molecule has 0 spiro atoms. The van der Waals surface area contributed by atoms with Crippen molar-refractivity contribution in [1.82, 2.24) is 14.9 Å². The summed E-state index contributed by atoms with van der Waals surface area (Å²) >= 11 is 0. The van der Waals surface area contributed by atoms with Crippen molar-refractivity contribution in [2.45, 2.75) is 32.6 Å². The first kappa shape index (κ1) is 13.4. The molecule has 0 saturated heterocycles. The Bertz CT molecular complexity index is 414. The number of nitrogens with zero attached hydrogens (tertiary/aromatic N) is 2. The van der Waals surface area contributed by atoms with Gasteiger partial charge >= 0.3 is 6.18 Å². The van der Waals surface area contributed by atoms with Gasteiger partial charge in [-0.2, -0.15) is 13.2 Å². The molecule has 1 aromatic rings. The first-order valence-electron chi connectivity index (χ1n) is 5.98. The molecule has 1 aliphatic heterocycles. The van der Waals surface area contributed by atoms with Crippen molar-refractivity contribution in [2.75, 3.05) is 19.8 Å². The monoisotopic (exact) mass is 263 g/mol. The second-order valence-electron chi connectivity index (χ2n) is 4.10. The van der Waals surface area contributed by atoms with Gasteiger partial charge in [-0.25, -0.2) is 4.98 Å². The number of ether oxygens (including phenoxy) is 1. The van der Waals surface area contributed by atoms with Crippen LogP contribution in [0.1, 0.15) is 24.1 Å². The number of imidazole rings is 1. The van der Waals surface area contributed by atoms with Crippen molar-refractivity contribution in [2.24, 2.45) is 0 Å². The summed E-state index contributed by atoms with van der Waals surface area (Å²) in [6.45, 7) is 3.88. The quantitative estimate of drug-likeness (QED) is 0.838. The molecule has 4 nitrogen and oxygen atoms in total. The van der Waals surface area contributed by atoms with Crippen LogP contribution in [0.2, 0.25) is 0 Å². The van der Waals surface area contributed by atoms with E-state index in [9.17, 15) is 13.2 Å². The van der Waals surface area contributed by atoms with E-state index in [4.69, 9.17) is 4.74 Å². The molecule has 102 valence electrons. The SMILES string of the molecule is CCOCCn1c(C(F)(F)F)nc2c1CCNC2. The predicted molar refractivity (Wildman–Crippen MR) is 59.1 cm³/mol. The lowest BCUT2D eigenvalue weighted by Crippen LogP contribution is -2.26. The highest BCUT2D eigenvalue weighted by Crippen LogP contribution is 2.31. The molecule has 0 atom stereocenters. The molecule has 0 aliphatic carbocycles. The summed E-state index contributed by atoms with van der Waals surface area (Å²) in [7, 11) is 0. The molecule has 0 fully saturated rings. The van der Waals surface area contributed by atoms with Gasteiger partial charge in [-0.1, -0.05) is 0 Å². The highest BCUT2D eigenvalue weighted by atomic mass is 19.4. The van der Waals surface area contributed by atoms with Crippen LogP contribution in [0.3, 0.4) is 0 Å². The van der Waals surface area contributed by atoms with Crippen molar-refractivity contribution in [3.05, 3.63) is 17.2 Å². The summed E-state index contributed by atoms with van der Waals surface area (Å²) < 4.78 is 45.1. The second kappa shape index (κ2) is 5.27. The maximum atomic E-state index is 12.9. The number of hydrogen-bond donors (Lipinski definition) is 1. The van der Waals surface area contributed by atoms with Crippen molar-refractivity contribution in [3.63, 3.8) is 0 Å². The molecular formula is C11H16F3N3O. The number of rotatable bonds is 4. The average Bonchev–Trinajstić information content (AvgIpc) is 2.69. The van der Waals surface area contributed by atoms with Crippen LogP contribution in [0.4, 0.5) is 13.2 Å². The number of aromatic nitrogens is 2. The lowest BCUT2D eigenvalue weighted by atomic mass is 10.2. The zero-order valence-corrected chi connectivity index (χ0v) is 10.2. The van der Waals surface area contributed by atoms with Gasteiger partial charge in [-0.3, -0.25) is 0 Å². The summed E-state index contributed by atoms with van der Waals surface area (Å²) in [6, 6.07) is 0. The second-order valence-corrected chi connectivity index (χ2v) is 4.10. The lowest BCUT2D eigenvalue weighted by Gasteiger charge is -2.16. The Morgan fingerprint density at radius 1 is 1.44 bits per heavy atom. The Morgan fingerprint density at radius 3 is 2.89 bits per heavy atom. The third kappa shape index (κ3) is 2.67. The molecule has 18 heavy (non-hydrogen) atoms. The van der Waals surface area contributed by atoms with Crippen molar-refractivity contribution >= 4 is 0 Å². The summed E-state index contributed by atoms with van der Waals surface area (Å²) in [4.78, 5) is 3.72. The smallest absolute Gasteiger partial charge is 0.380 e. The van der Waals surface area contributed by atoms with Gasteiger partial charge in [0.25, 0.3) is 0 Å². The zero-order chi connectivity index (χ0) is 13.2. The third-order valence-electron chi connectivity index (χ3n) is 2.90. The van der Waals surface area contributed by atoms with Crippen LogP contribution < -0.4 is 5.32 Å². The van der Waals surface area contributed by atoms with Gasteiger partial charge < -0.3 is 14.6 Å². The fraction of sp³-hybridized carbons (Fsp3) is 0.727. The highest BCUT2D eigenvalue weighted by molar-refractivity contribution is 5.21. The van der Waals surface area contributed by atoms with Gasteiger partial charge in [0.05, 0.1) is 12.3 Å². The number of nitrogens with one attached hydrogen (secondary N) is 1. The first-order valence-corrected chi connectivity index (χ1v) is 5.98. The Hall–Kier alpha value is -1.08. The van der Waals surface area contributed by atoms with Gasteiger partial charge in [0.1, 0.15) is 0 Å². The molecule has 0 aromatic carbocycles. The molecule has 1 aliphatic rings. The number of halogens is 3. The normalized spacial score (nSPS) is 15.8. The van der Waals surface area contributed by atoms with Gasteiger partial charge in [0, 0.05) is 38.4 Å². The Kier molecular flexibility index (Phi) is 3.91. The van der Waals surface area contributed by atoms with E-state index in [1.165, 1.54) is 4.57 Å². The molecule has 0 bridgehead atoms. The summed E-state index contributed by atoms with van der Waals surface area (Å²) in [5, 5.41) is 3.03. The summed E-state index contributed by atoms with van der Waals surface area (Å²) in [6.07, 6.45) is -3.84. The average molecular weight is 263 g/mol. The van der Waals surface area contributed by atoms with Gasteiger partial charge in [-0.15, -0.1) is 0 Å². The van der Waals surface area contributed by atoms with Gasteiger partial charge in [0.15, 0.2) is 0 Å². The molecule has 1 N–H and O–H groups in total. The van der Waals surface area contributed by atoms with E-state index in [-0.39, 0.29) is 13.2 Å². The van der Waals surface area contributed by atoms with Crippen LogP contribution in [0.15, 0.2) is 0 Å². The molecule has 1 aromatic heterocycles. The molecule has 2 heterocycles. The van der Waals surface area contributed by atoms with Crippen molar-refractivity contribution < 1.29 is 17.9 Å². The van der Waals surface area contributed by atoms with Crippen LogP contribution in [-0.4, -0.2) is 29.3 Å². The zero-order valence-electron chi connectivity index (χ0n) is 10.2. The van der Waals surface area contributed by atoms with Crippen molar-refractivity contribution in [1.29, 1.82) is 0 Å². The van der Waals surface area contributed by atoms with Crippen LogP contribution in [0, 0.1) is 0 Å². The molecule has 0 unspecified atom stereocenters. The van der Waals surface area contributed by atoms with E-state index < -0.39 is 12.0 Å². The molecule has 2 rings (SSSR count). The summed E-state index contributed by atoms with van der Waals surface area (Å²) in [5.41, 5.74) is 1.19. The van der Waals surface area contributed by atoms with Gasteiger partial charge in [0.2, 0.25) is 5.82 Å². The molecule has 0 saturated carbocycles. The maximum absolute atomic E-state index is 12.9. The minimum Gasteiger partial charge on any atom is -0.380 e. The van der Waals surface area contributed by atoms with E-state index in [1.807, 2.05) is 6.92 Å². The van der Waals surface area contributed by atoms with Crippen LogP contribution in [0.25, 0.3) is 0 Å². The molecular weight excluding hydrogens is 247 g/mol. The van der Waals surface area contributed by atoms with Crippen LogP contribution in [-0.2, 0) is 30.4 Å². The van der Waals surface area contributed by atoms with E-state index in [1.54, 1.807) is 0 Å². The van der Waals surface area contributed by atoms with E-state index in [0.717, 1.165) is 0 Å². The molecule has 7 heteroatoms. The minimum atomic E-state index is -4.41. The minimum absolute atomic E-state index is 0.199. The Labute approximate surface area is 103 Å². The van der Waals surface area contributed by atoms with Gasteiger partial charge in [-0.05, 0) is 6.92 Å². The first-order chi connectivity index (χ1) is 8.54. The van der Waals surface area contributed by atoms with Crippen LogP contribution in [0.5, 0.6) is 0 Å². The van der Waals surface area contributed by atoms with E-state index in [2.05, 4.69) is 10.3 Å². The topological polar surface area (TPSA) is 39.1 Å². The maximum Gasteiger partial charge on any atom is 0.449 e. The Balaban J connectivity index is 2.30. The lowest BCUT2D eigenvalue weighted by molar-refractivity contribution is -0.147. The van der Waals surface area contributed by atoms with E-state index >= 15 is 0 Å².